The molecule has 0 aliphatic carbocycles. The third-order valence-electron chi connectivity index (χ3n) is 2.71. The first-order chi connectivity index (χ1) is 8.58. The van der Waals surface area contributed by atoms with Crippen molar-refractivity contribution < 1.29 is 9.18 Å². The van der Waals surface area contributed by atoms with E-state index in [-0.39, 0.29) is 29.0 Å². The molecule has 0 heterocycles. The zero-order valence-corrected chi connectivity index (χ0v) is 11.7. The molecule has 0 bridgehead atoms. The third kappa shape index (κ3) is 4.46. The van der Waals surface area contributed by atoms with Crippen LogP contribution in [0.4, 0.5) is 4.39 Å². The van der Waals surface area contributed by atoms with Crippen LogP contribution in [0.2, 0.25) is 5.02 Å². The van der Waals surface area contributed by atoms with E-state index in [1.165, 1.54) is 12.1 Å². The lowest BCUT2D eigenvalue weighted by Gasteiger charge is -2.16. The molecule has 1 unspecified atom stereocenters. The lowest BCUT2D eigenvalue weighted by molar-refractivity contribution is -0.121. The quantitative estimate of drug-likeness (QED) is 0.798. The van der Waals surface area contributed by atoms with Crippen LogP contribution in [0, 0.1) is 5.82 Å². The molecule has 0 saturated carbocycles. The van der Waals surface area contributed by atoms with Crippen molar-refractivity contribution in [1.82, 2.24) is 5.32 Å². The minimum atomic E-state index is -0.456. The van der Waals surface area contributed by atoms with Crippen molar-refractivity contribution in [3.63, 3.8) is 0 Å². The number of nitrogens with one attached hydrogen (secondary N) is 1. The molecule has 0 saturated heterocycles. The smallest absolute Gasteiger partial charge is 0.224 e. The van der Waals surface area contributed by atoms with E-state index in [0.717, 1.165) is 6.42 Å². The summed E-state index contributed by atoms with van der Waals surface area (Å²) in [6, 6.07) is 4.41. The number of carbonyl (C=O) groups is 1. The molecule has 2 nitrogen and oxygen atoms in total. The average molecular weight is 292 g/mol. The van der Waals surface area contributed by atoms with E-state index >= 15 is 0 Å². The monoisotopic (exact) mass is 291 g/mol. The van der Waals surface area contributed by atoms with Crippen molar-refractivity contribution in [2.24, 2.45) is 0 Å². The lowest BCUT2D eigenvalue weighted by atomic mass is 10.1. The zero-order valence-electron chi connectivity index (χ0n) is 10.2. The first-order valence-corrected chi connectivity index (χ1v) is 6.78. The summed E-state index contributed by atoms with van der Waals surface area (Å²) in [5, 5.41) is 3.10. The minimum Gasteiger partial charge on any atom is -0.353 e. The molecule has 100 valence electrons. The highest BCUT2D eigenvalue weighted by atomic mass is 35.5. The zero-order chi connectivity index (χ0) is 13.5. The lowest BCUT2D eigenvalue weighted by Crippen LogP contribution is -2.35. The molecule has 5 heteroatoms. The Bertz CT molecular complexity index is 392. The Kier molecular flexibility index (Phi) is 6.44. The van der Waals surface area contributed by atoms with Gasteiger partial charge >= 0.3 is 0 Å². The van der Waals surface area contributed by atoms with E-state index in [0.29, 0.717) is 12.3 Å². The maximum atomic E-state index is 13.5. The Morgan fingerprint density at radius 3 is 2.78 bits per heavy atom. The van der Waals surface area contributed by atoms with Crippen molar-refractivity contribution in [3.05, 3.63) is 34.6 Å². The van der Waals surface area contributed by atoms with Gasteiger partial charge in [-0.1, -0.05) is 24.6 Å². The summed E-state index contributed by atoms with van der Waals surface area (Å²) in [6.45, 7) is 1.97. The number of rotatable bonds is 6. The van der Waals surface area contributed by atoms with Gasteiger partial charge in [-0.15, -0.1) is 11.6 Å². The van der Waals surface area contributed by atoms with Gasteiger partial charge in [-0.05, 0) is 25.0 Å². The third-order valence-corrected chi connectivity index (χ3v) is 3.29. The van der Waals surface area contributed by atoms with Gasteiger partial charge in [0.1, 0.15) is 5.82 Å². The predicted octanol–water partition coefficient (Wildman–Crippen LogP) is 3.55. The predicted molar refractivity (Wildman–Crippen MR) is 72.7 cm³/mol. The first kappa shape index (κ1) is 15.3. The van der Waals surface area contributed by atoms with Crippen LogP contribution in [-0.2, 0) is 11.2 Å². The van der Waals surface area contributed by atoms with Gasteiger partial charge in [-0.2, -0.15) is 0 Å². The van der Waals surface area contributed by atoms with Crippen molar-refractivity contribution in [2.75, 3.05) is 5.88 Å². The van der Waals surface area contributed by atoms with Gasteiger partial charge in [0.25, 0.3) is 0 Å². The van der Waals surface area contributed by atoms with E-state index < -0.39 is 5.82 Å². The number of alkyl halides is 1. The molecule has 1 N–H and O–H groups in total. The van der Waals surface area contributed by atoms with Crippen LogP contribution in [-0.4, -0.2) is 17.8 Å². The summed E-state index contributed by atoms with van der Waals surface area (Å²) >= 11 is 11.5. The number of benzene rings is 1. The fourth-order valence-corrected chi connectivity index (χ4v) is 2.14. The summed E-state index contributed by atoms with van der Waals surface area (Å²) in [5.74, 6) is -0.207. The Morgan fingerprint density at radius 2 is 2.22 bits per heavy atom. The molecular formula is C13H16Cl2FNO. The second-order valence-corrected chi connectivity index (χ2v) is 4.81. The number of carbonyl (C=O) groups excluding carboxylic acids is 1. The van der Waals surface area contributed by atoms with Crippen LogP contribution < -0.4 is 5.32 Å². The normalized spacial score (nSPS) is 12.2. The summed E-state index contributed by atoms with van der Waals surface area (Å²) in [5.41, 5.74) is 0.234. The molecule has 0 aliphatic rings. The Balaban J connectivity index is 2.64. The Hall–Kier alpha value is -0.800. The molecule has 1 atom stereocenters. The highest BCUT2D eigenvalue weighted by molar-refractivity contribution is 6.31. The fraction of sp³-hybridized carbons (Fsp3) is 0.462. The van der Waals surface area contributed by atoms with Crippen LogP contribution in [0.25, 0.3) is 0 Å². The Labute approximate surface area is 116 Å². The topological polar surface area (TPSA) is 29.1 Å². The first-order valence-electron chi connectivity index (χ1n) is 5.86. The molecule has 1 amide bonds. The molecule has 0 aliphatic heterocycles. The molecule has 0 radical (unpaired) electrons. The maximum Gasteiger partial charge on any atom is 0.224 e. The number of hydrogen-bond donors (Lipinski definition) is 1. The van der Waals surface area contributed by atoms with E-state index in [2.05, 4.69) is 5.32 Å². The van der Waals surface area contributed by atoms with Crippen LogP contribution in [0.15, 0.2) is 18.2 Å². The van der Waals surface area contributed by atoms with Crippen LogP contribution in [0.3, 0.4) is 0 Å². The number of hydrogen-bond acceptors (Lipinski definition) is 1. The van der Waals surface area contributed by atoms with E-state index in [1.807, 2.05) is 6.92 Å². The highest BCUT2D eigenvalue weighted by Gasteiger charge is 2.14. The van der Waals surface area contributed by atoms with Crippen LogP contribution in [0.1, 0.15) is 25.3 Å². The molecule has 0 aromatic heterocycles. The van der Waals surface area contributed by atoms with Gasteiger partial charge in [-0.25, -0.2) is 4.39 Å². The largest absolute Gasteiger partial charge is 0.353 e. The van der Waals surface area contributed by atoms with E-state index in [4.69, 9.17) is 23.2 Å². The molecule has 1 rings (SSSR count). The van der Waals surface area contributed by atoms with E-state index in [1.54, 1.807) is 6.07 Å². The second kappa shape index (κ2) is 7.59. The minimum absolute atomic E-state index is 0.0283. The average Bonchev–Trinajstić information content (AvgIpc) is 2.33. The van der Waals surface area contributed by atoms with Gasteiger partial charge in [0.15, 0.2) is 0 Å². The molecule has 0 spiro atoms. The van der Waals surface area contributed by atoms with Gasteiger partial charge in [-0.3, -0.25) is 4.79 Å². The number of halogens is 3. The van der Waals surface area contributed by atoms with E-state index in [9.17, 15) is 9.18 Å². The standard InChI is InChI=1S/C13H16Cl2FNO/c1-2-9(6-7-14)17-13(18)8-10-11(15)4-3-5-12(10)16/h3-5,9H,2,6-8H2,1H3,(H,17,18). The molecule has 1 aromatic rings. The molecule has 1 aromatic carbocycles. The number of amides is 1. The van der Waals surface area contributed by atoms with Gasteiger partial charge < -0.3 is 5.32 Å². The Morgan fingerprint density at radius 1 is 1.50 bits per heavy atom. The fourth-order valence-electron chi connectivity index (χ4n) is 1.65. The maximum absolute atomic E-state index is 13.5. The van der Waals surface area contributed by atoms with Gasteiger partial charge in [0.2, 0.25) is 5.91 Å². The summed E-state index contributed by atoms with van der Waals surface area (Å²) in [6.07, 6.45) is 1.45. The van der Waals surface area contributed by atoms with Gasteiger partial charge in [0, 0.05) is 22.5 Å². The van der Waals surface area contributed by atoms with Crippen LogP contribution >= 0.6 is 23.2 Å². The molecule has 18 heavy (non-hydrogen) atoms. The molecule has 0 fully saturated rings. The summed E-state index contributed by atoms with van der Waals surface area (Å²) < 4.78 is 13.5. The van der Waals surface area contributed by atoms with Gasteiger partial charge in [0.05, 0.1) is 6.42 Å². The summed E-state index contributed by atoms with van der Waals surface area (Å²) in [7, 11) is 0. The summed E-state index contributed by atoms with van der Waals surface area (Å²) in [4.78, 5) is 11.8. The van der Waals surface area contributed by atoms with Crippen LogP contribution in [0.5, 0.6) is 0 Å². The van der Waals surface area contributed by atoms with Crippen molar-refractivity contribution in [3.8, 4) is 0 Å². The molecular weight excluding hydrogens is 276 g/mol. The highest BCUT2D eigenvalue weighted by Crippen LogP contribution is 2.19. The second-order valence-electron chi connectivity index (χ2n) is 4.03. The van der Waals surface area contributed by atoms with Crippen molar-refractivity contribution in [1.29, 1.82) is 0 Å². The SMILES string of the molecule is CCC(CCCl)NC(=O)Cc1c(F)cccc1Cl. The van der Waals surface area contributed by atoms with Crippen molar-refractivity contribution >= 4 is 29.1 Å². The van der Waals surface area contributed by atoms with Crippen molar-refractivity contribution in [2.45, 2.75) is 32.2 Å².